The van der Waals surface area contributed by atoms with Gasteiger partial charge in [-0.1, -0.05) is 25.3 Å². The summed E-state index contributed by atoms with van der Waals surface area (Å²) in [5.74, 6) is 0. The van der Waals surface area contributed by atoms with Gasteiger partial charge in [-0.2, -0.15) is 0 Å². The molecule has 1 aromatic heterocycles. The zero-order valence-electron chi connectivity index (χ0n) is 7.12. The molecular weight excluding hydrogens is 168 g/mol. The van der Waals surface area contributed by atoms with Crippen LogP contribution < -0.4 is 0 Å². The maximum absolute atomic E-state index is 10.2. The standard InChI is InChI=1S/C10H14OS/c11-10(6-2-1-3-7-10)9-5-4-8-12-9/h4-5,8,11H,1-3,6-7H2. The minimum Gasteiger partial charge on any atom is -0.384 e. The highest BCUT2D eigenvalue weighted by molar-refractivity contribution is 7.10. The molecule has 0 saturated heterocycles. The second-order valence-corrected chi connectivity index (χ2v) is 4.52. The van der Waals surface area contributed by atoms with Crippen molar-refractivity contribution in [2.75, 3.05) is 0 Å². The molecule has 1 aliphatic rings. The molecule has 1 heterocycles. The van der Waals surface area contributed by atoms with Crippen molar-refractivity contribution in [1.29, 1.82) is 0 Å². The normalized spacial score (nSPS) is 22.4. The average molecular weight is 182 g/mol. The quantitative estimate of drug-likeness (QED) is 0.708. The lowest BCUT2D eigenvalue weighted by atomic mass is 9.84. The van der Waals surface area contributed by atoms with Gasteiger partial charge in [0.2, 0.25) is 0 Å². The number of hydrogen-bond donors (Lipinski definition) is 1. The summed E-state index contributed by atoms with van der Waals surface area (Å²) in [5, 5.41) is 12.3. The summed E-state index contributed by atoms with van der Waals surface area (Å²) in [6.45, 7) is 0. The lowest BCUT2D eigenvalue weighted by molar-refractivity contribution is 0.00283. The van der Waals surface area contributed by atoms with E-state index in [2.05, 4.69) is 6.07 Å². The monoisotopic (exact) mass is 182 g/mol. The van der Waals surface area contributed by atoms with Crippen LogP contribution in [-0.4, -0.2) is 5.11 Å². The summed E-state index contributed by atoms with van der Waals surface area (Å²) in [7, 11) is 0. The molecule has 1 aromatic rings. The third-order valence-corrected chi connectivity index (χ3v) is 3.72. The Morgan fingerprint density at radius 3 is 2.58 bits per heavy atom. The van der Waals surface area contributed by atoms with E-state index in [0.717, 1.165) is 17.7 Å². The Kier molecular flexibility index (Phi) is 2.20. The van der Waals surface area contributed by atoms with E-state index in [4.69, 9.17) is 0 Å². The fourth-order valence-corrected chi connectivity index (χ4v) is 2.81. The van der Waals surface area contributed by atoms with E-state index >= 15 is 0 Å². The highest BCUT2D eigenvalue weighted by Gasteiger charge is 2.31. The number of thiophene rings is 1. The van der Waals surface area contributed by atoms with E-state index in [9.17, 15) is 5.11 Å². The molecule has 0 unspecified atom stereocenters. The molecular formula is C10H14OS. The maximum Gasteiger partial charge on any atom is 0.0987 e. The Balaban J connectivity index is 2.19. The fraction of sp³-hybridized carbons (Fsp3) is 0.600. The SMILES string of the molecule is OC1(c2cccs2)CCCCC1. The molecule has 0 amide bonds. The van der Waals surface area contributed by atoms with Crippen molar-refractivity contribution in [2.45, 2.75) is 37.7 Å². The predicted octanol–water partition coefficient (Wildman–Crippen LogP) is 2.90. The van der Waals surface area contributed by atoms with Crippen LogP contribution in [0.2, 0.25) is 0 Å². The van der Waals surface area contributed by atoms with Gasteiger partial charge in [0.15, 0.2) is 0 Å². The van der Waals surface area contributed by atoms with Crippen LogP contribution in [0.5, 0.6) is 0 Å². The summed E-state index contributed by atoms with van der Waals surface area (Å²) < 4.78 is 0. The molecule has 0 aliphatic heterocycles. The first-order valence-corrected chi connectivity index (χ1v) is 5.46. The summed E-state index contributed by atoms with van der Waals surface area (Å²) in [5.41, 5.74) is -0.480. The highest BCUT2D eigenvalue weighted by Crippen LogP contribution is 2.38. The highest BCUT2D eigenvalue weighted by atomic mass is 32.1. The van der Waals surface area contributed by atoms with Gasteiger partial charge in [-0.05, 0) is 24.3 Å². The van der Waals surface area contributed by atoms with Gasteiger partial charge in [0.25, 0.3) is 0 Å². The summed E-state index contributed by atoms with van der Waals surface area (Å²) in [4.78, 5) is 1.15. The lowest BCUT2D eigenvalue weighted by Gasteiger charge is -2.30. The number of hydrogen-bond acceptors (Lipinski definition) is 2. The van der Waals surface area contributed by atoms with Crippen molar-refractivity contribution < 1.29 is 5.11 Å². The van der Waals surface area contributed by atoms with Crippen LogP contribution in [0.15, 0.2) is 17.5 Å². The van der Waals surface area contributed by atoms with Gasteiger partial charge >= 0.3 is 0 Å². The molecule has 1 aliphatic carbocycles. The molecule has 1 N–H and O–H groups in total. The van der Waals surface area contributed by atoms with E-state index in [-0.39, 0.29) is 0 Å². The topological polar surface area (TPSA) is 20.2 Å². The molecule has 2 rings (SSSR count). The van der Waals surface area contributed by atoms with Crippen LogP contribution in [-0.2, 0) is 5.60 Å². The first-order valence-electron chi connectivity index (χ1n) is 4.58. The van der Waals surface area contributed by atoms with Crippen LogP contribution in [0.3, 0.4) is 0 Å². The van der Waals surface area contributed by atoms with Crippen molar-refractivity contribution in [3.05, 3.63) is 22.4 Å². The Hall–Kier alpha value is -0.340. The van der Waals surface area contributed by atoms with Gasteiger partial charge in [-0.3, -0.25) is 0 Å². The summed E-state index contributed by atoms with van der Waals surface area (Å²) in [6.07, 6.45) is 5.54. The van der Waals surface area contributed by atoms with Crippen LogP contribution in [0.25, 0.3) is 0 Å². The molecule has 2 heteroatoms. The molecule has 66 valence electrons. The third-order valence-electron chi connectivity index (χ3n) is 2.66. The molecule has 0 bridgehead atoms. The van der Waals surface area contributed by atoms with E-state index in [0.29, 0.717) is 0 Å². The van der Waals surface area contributed by atoms with Crippen LogP contribution in [0.4, 0.5) is 0 Å². The van der Waals surface area contributed by atoms with Gasteiger partial charge in [0, 0.05) is 4.88 Å². The maximum atomic E-state index is 10.2. The van der Waals surface area contributed by atoms with Crippen molar-refractivity contribution in [2.24, 2.45) is 0 Å². The second kappa shape index (κ2) is 3.19. The molecule has 0 radical (unpaired) electrons. The van der Waals surface area contributed by atoms with Crippen molar-refractivity contribution in [3.8, 4) is 0 Å². The summed E-state index contributed by atoms with van der Waals surface area (Å²) >= 11 is 1.68. The molecule has 12 heavy (non-hydrogen) atoms. The van der Waals surface area contributed by atoms with E-state index in [1.54, 1.807) is 11.3 Å². The molecule has 1 saturated carbocycles. The predicted molar refractivity (Wildman–Crippen MR) is 51.3 cm³/mol. The van der Waals surface area contributed by atoms with Crippen LogP contribution in [0, 0.1) is 0 Å². The Morgan fingerprint density at radius 2 is 2.00 bits per heavy atom. The molecule has 0 aromatic carbocycles. The Morgan fingerprint density at radius 1 is 1.25 bits per heavy atom. The van der Waals surface area contributed by atoms with Crippen LogP contribution >= 0.6 is 11.3 Å². The third kappa shape index (κ3) is 1.41. The fourth-order valence-electron chi connectivity index (χ4n) is 1.93. The zero-order valence-corrected chi connectivity index (χ0v) is 7.94. The van der Waals surface area contributed by atoms with Crippen molar-refractivity contribution in [1.82, 2.24) is 0 Å². The van der Waals surface area contributed by atoms with Gasteiger partial charge in [-0.25, -0.2) is 0 Å². The smallest absolute Gasteiger partial charge is 0.0987 e. The zero-order chi connectivity index (χ0) is 8.44. The van der Waals surface area contributed by atoms with E-state index < -0.39 is 5.60 Å². The number of aliphatic hydroxyl groups is 1. The molecule has 1 nitrogen and oxygen atoms in total. The first-order chi connectivity index (χ1) is 5.81. The minimum absolute atomic E-state index is 0.480. The van der Waals surface area contributed by atoms with Gasteiger partial charge in [0.05, 0.1) is 5.60 Å². The van der Waals surface area contributed by atoms with Crippen molar-refractivity contribution in [3.63, 3.8) is 0 Å². The number of rotatable bonds is 1. The molecule has 0 atom stereocenters. The van der Waals surface area contributed by atoms with Gasteiger partial charge < -0.3 is 5.11 Å². The Bertz CT molecular complexity index is 234. The lowest BCUT2D eigenvalue weighted by Crippen LogP contribution is -2.27. The van der Waals surface area contributed by atoms with Crippen molar-refractivity contribution >= 4 is 11.3 Å². The van der Waals surface area contributed by atoms with E-state index in [1.807, 2.05) is 11.4 Å². The van der Waals surface area contributed by atoms with E-state index in [1.165, 1.54) is 19.3 Å². The minimum atomic E-state index is -0.480. The van der Waals surface area contributed by atoms with Crippen LogP contribution in [0.1, 0.15) is 37.0 Å². The largest absolute Gasteiger partial charge is 0.384 e. The molecule has 1 fully saturated rings. The molecule has 0 spiro atoms. The van der Waals surface area contributed by atoms with Gasteiger partial charge in [0.1, 0.15) is 0 Å². The van der Waals surface area contributed by atoms with Gasteiger partial charge in [-0.15, -0.1) is 11.3 Å². The Labute approximate surface area is 77.0 Å². The first kappa shape index (κ1) is 8.27. The second-order valence-electron chi connectivity index (χ2n) is 3.57. The summed E-state index contributed by atoms with van der Waals surface area (Å²) in [6, 6.07) is 4.07. The average Bonchev–Trinajstić information content (AvgIpc) is 2.58.